The maximum atomic E-state index is 2.94. The fourth-order valence-corrected chi connectivity index (χ4v) is 2.24. The Bertz CT molecular complexity index is 1050. The number of benzene rings is 2. The van der Waals surface area contributed by atoms with Gasteiger partial charge in [-0.1, -0.05) is 11.8 Å². The lowest BCUT2D eigenvalue weighted by atomic mass is 10.2. The average molecular weight is 550 g/mol. The first-order valence-electron chi connectivity index (χ1n) is 7.27. The molecule has 2 heteroatoms. The lowest BCUT2D eigenvalue weighted by Crippen LogP contribution is -1.73. The summed E-state index contributed by atoms with van der Waals surface area (Å²) in [6.07, 6.45) is 0. The van der Waals surface area contributed by atoms with Crippen molar-refractivity contribution < 1.29 is 0 Å². The zero-order valence-electron chi connectivity index (χ0n) is 13.4. The zero-order valence-corrected chi connectivity index (χ0v) is 17.7. The quantitative estimate of drug-likeness (QED) is 0.339. The molecule has 0 spiro atoms. The number of hydrogen-bond donors (Lipinski definition) is 0. The highest BCUT2D eigenvalue weighted by Gasteiger charge is 1.86. The summed E-state index contributed by atoms with van der Waals surface area (Å²) < 4.78 is 2.35. The Hall–Kier alpha value is -2.74. The van der Waals surface area contributed by atoms with Gasteiger partial charge in [0.1, 0.15) is 0 Å². The molecule has 0 aliphatic rings. The van der Waals surface area contributed by atoms with Crippen molar-refractivity contribution in [2.45, 2.75) is 0 Å². The van der Waals surface area contributed by atoms with Crippen molar-refractivity contribution in [3.05, 3.63) is 66.8 Å². The van der Waals surface area contributed by atoms with Crippen LogP contribution in [0.25, 0.3) is 0 Å². The number of hydrogen-bond acceptors (Lipinski definition) is 0. The van der Waals surface area contributed by atoms with Gasteiger partial charge in [0, 0.05) is 18.3 Å². The fourth-order valence-electron chi connectivity index (χ4n) is 1.52. The van der Waals surface area contributed by atoms with Crippen molar-refractivity contribution in [3.63, 3.8) is 0 Å². The first-order valence-corrected chi connectivity index (χ1v) is 9.43. The molecule has 0 saturated carbocycles. The third kappa shape index (κ3) is 8.39. The molecule has 2 aromatic rings. The lowest BCUT2D eigenvalue weighted by molar-refractivity contribution is 1.60. The molecule has 26 heavy (non-hydrogen) atoms. The van der Waals surface area contributed by atoms with E-state index in [1.54, 1.807) is 0 Å². The van der Waals surface area contributed by atoms with E-state index in [1.165, 1.54) is 7.14 Å². The van der Waals surface area contributed by atoms with E-state index in [2.05, 4.69) is 116 Å². The van der Waals surface area contributed by atoms with Gasteiger partial charge in [-0.15, -0.1) is 0 Å². The second-order valence-corrected chi connectivity index (χ2v) is 7.01. The topological polar surface area (TPSA) is 0 Å². The van der Waals surface area contributed by atoms with Gasteiger partial charge >= 0.3 is 0 Å². The zero-order chi connectivity index (χ0) is 18.5. The summed E-state index contributed by atoms with van der Waals surface area (Å²) in [5.41, 5.74) is 1.85. The summed E-state index contributed by atoms with van der Waals surface area (Å²) in [5, 5.41) is 0. The largest absolute Gasteiger partial charge is 0.0528 e. The van der Waals surface area contributed by atoms with Crippen molar-refractivity contribution in [2.24, 2.45) is 0 Å². The Morgan fingerprint density at radius 3 is 0.962 bits per heavy atom. The summed E-state index contributed by atoms with van der Waals surface area (Å²) in [6.45, 7) is 0. The highest BCUT2D eigenvalue weighted by molar-refractivity contribution is 14.1. The standard InChI is InChI=1S/C24H8I2/c25-23-17-13-21(14-18-23)11-9-7-5-3-1-2-4-6-8-10-12-22-15-19-24(26)20-16-22/h13-20H. The SMILES string of the molecule is Ic1ccc(C#CC#CC#CC#CC#CC#Cc2ccc(I)cc2)cc1. The van der Waals surface area contributed by atoms with Crippen LogP contribution in [0, 0.1) is 78.2 Å². The van der Waals surface area contributed by atoms with Crippen LogP contribution < -0.4 is 0 Å². The lowest BCUT2D eigenvalue weighted by Gasteiger charge is -1.88. The van der Waals surface area contributed by atoms with Gasteiger partial charge in [0.25, 0.3) is 0 Å². The minimum absolute atomic E-state index is 0.925. The Morgan fingerprint density at radius 1 is 0.385 bits per heavy atom. The molecule has 0 fully saturated rings. The van der Waals surface area contributed by atoms with E-state index in [0.717, 1.165) is 11.1 Å². The molecule has 0 aliphatic heterocycles. The second-order valence-electron chi connectivity index (χ2n) is 4.51. The van der Waals surface area contributed by atoms with Crippen molar-refractivity contribution in [1.29, 1.82) is 0 Å². The third-order valence-corrected chi connectivity index (χ3v) is 4.10. The molecular formula is C24H8I2. The van der Waals surface area contributed by atoms with Gasteiger partial charge in [0.15, 0.2) is 0 Å². The molecule has 0 saturated heterocycles. The first-order chi connectivity index (χ1) is 12.7. The third-order valence-electron chi connectivity index (χ3n) is 2.66. The molecule has 0 nitrogen and oxygen atoms in total. The Kier molecular flexibility index (Phi) is 8.85. The summed E-state index contributed by atoms with van der Waals surface area (Å²) >= 11 is 4.50. The van der Waals surface area contributed by atoms with Gasteiger partial charge in [-0.05, 0) is 153 Å². The van der Waals surface area contributed by atoms with Crippen molar-refractivity contribution >= 4 is 45.2 Å². The molecule has 2 rings (SSSR count). The molecule has 0 unspecified atom stereocenters. The Balaban J connectivity index is 1.84. The van der Waals surface area contributed by atoms with Crippen LogP contribution in [-0.2, 0) is 0 Å². The fraction of sp³-hybridized carbons (Fsp3) is 0. The monoisotopic (exact) mass is 550 g/mol. The van der Waals surface area contributed by atoms with Gasteiger partial charge < -0.3 is 0 Å². The molecule has 0 N–H and O–H groups in total. The second kappa shape index (κ2) is 11.8. The van der Waals surface area contributed by atoms with E-state index in [9.17, 15) is 0 Å². The summed E-state index contributed by atoms with van der Waals surface area (Å²) in [7, 11) is 0. The summed E-state index contributed by atoms with van der Waals surface area (Å²) in [5.74, 6) is 32.4. The van der Waals surface area contributed by atoms with Crippen LogP contribution in [-0.4, -0.2) is 0 Å². The molecule has 0 aromatic heterocycles. The van der Waals surface area contributed by atoms with E-state index in [-0.39, 0.29) is 0 Å². The molecule has 0 amide bonds. The minimum atomic E-state index is 0.925. The van der Waals surface area contributed by atoms with Crippen LogP contribution >= 0.6 is 45.2 Å². The first kappa shape index (κ1) is 19.6. The minimum Gasteiger partial charge on any atom is -0.0528 e. The van der Waals surface area contributed by atoms with Gasteiger partial charge in [-0.3, -0.25) is 0 Å². The highest BCUT2D eigenvalue weighted by atomic mass is 127. The van der Waals surface area contributed by atoms with Gasteiger partial charge in [-0.2, -0.15) is 0 Å². The Labute approximate surface area is 181 Å². The molecule has 2 aromatic carbocycles. The van der Waals surface area contributed by atoms with Crippen LogP contribution in [0.4, 0.5) is 0 Å². The van der Waals surface area contributed by atoms with Crippen LogP contribution in [0.15, 0.2) is 48.5 Å². The van der Waals surface area contributed by atoms with E-state index in [4.69, 9.17) is 0 Å². The molecule has 0 bridgehead atoms. The maximum absolute atomic E-state index is 2.94. The van der Waals surface area contributed by atoms with Gasteiger partial charge in [0.2, 0.25) is 0 Å². The summed E-state index contributed by atoms with van der Waals surface area (Å²) in [4.78, 5) is 0. The van der Waals surface area contributed by atoms with Gasteiger partial charge in [0.05, 0.1) is 0 Å². The average Bonchev–Trinajstić information content (AvgIpc) is 2.65. The van der Waals surface area contributed by atoms with Crippen molar-refractivity contribution in [2.75, 3.05) is 0 Å². The smallest absolute Gasteiger partial charge is 0.0256 e. The Morgan fingerprint density at radius 2 is 0.654 bits per heavy atom. The molecule has 0 heterocycles. The van der Waals surface area contributed by atoms with Crippen LogP contribution in [0.1, 0.15) is 11.1 Å². The van der Waals surface area contributed by atoms with Crippen LogP contribution in [0.2, 0.25) is 0 Å². The molecule has 0 atom stereocenters. The summed E-state index contributed by atoms with van der Waals surface area (Å²) in [6, 6.07) is 15.8. The van der Waals surface area contributed by atoms with E-state index in [0.29, 0.717) is 0 Å². The molecule has 0 radical (unpaired) electrons. The van der Waals surface area contributed by atoms with Gasteiger partial charge in [-0.25, -0.2) is 0 Å². The number of rotatable bonds is 0. The van der Waals surface area contributed by atoms with Crippen molar-refractivity contribution in [3.8, 4) is 71.0 Å². The molecular weight excluding hydrogens is 542 g/mol. The van der Waals surface area contributed by atoms with Crippen molar-refractivity contribution in [1.82, 2.24) is 0 Å². The number of halogens is 2. The van der Waals surface area contributed by atoms with Crippen LogP contribution in [0.5, 0.6) is 0 Å². The van der Waals surface area contributed by atoms with E-state index >= 15 is 0 Å². The maximum Gasteiger partial charge on any atom is 0.0256 e. The molecule has 0 aliphatic carbocycles. The van der Waals surface area contributed by atoms with E-state index in [1.807, 2.05) is 48.5 Å². The molecule has 118 valence electrons. The predicted molar refractivity (Wildman–Crippen MR) is 123 cm³/mol. The predicted octanol–water partition coefficient (Wildman–Crippen LogP) is 4.31. The highest BCUT2D eigenvalue weighted by Crippen LogP contribution is 2.05. The van der Waals surface area contributed by atoms with E-state index < -0.39 is 0 Å². The normalized spacial score (nSPS) is 7.31. The van der Waals surface area contributed by atoms with Crippen LogP contribution in [0.3, 0.4) is 0 Å².